The van der Waals surface area contributed by atoms with Gasteiger partial charge in [-0.1, -0.05) is 48.5 Å². The van der Waals surface area contributed by atoms with Crippen molar-refractivity contribution in [1.29, 1.82) is 0 Å². The minimum Gasteiger partial charge on any atom is -0.480 e. The minimum absolute atomic E-state index is 0.00308. The number of rotatable bonds is 6. The monoisotopic (exact) mass is 466 g/mol. The summed E-state index contributed by atoms with van der Waals surface area (Å²) in [5, 5.41) is 12.2. The van der Waals surface area contributed by atoms with E-state index < -0.39 is 18.1 Å². The molecule has 1 unspecified atom stereocenters. The second-order valence-electron chi connectivity index (χ2n) is 8.77. The third-order valence-corrected chi connectivity index (χ3v) is 7.81. The molecule has 3 atom stereocenters. The number of carboxylic acids is 1. The number of amides is 2. The fourth-order valence-corrected chi connectivity index (χ4v) is 5.96. The third kappa shape index (κ3) is 4.31. The fourth-order valence-electron chi connectivity index (χ4n) is 4.92. The van der Waals surface area contributed by atoms with Gasteiger partial charge < -0.3 is 20.1 Å². The second-order valence-corrected chi connectivity index (χ2v) is 9.92. The Kier molecular flexibility index (Phi) is 6.01. The third-order valence-electron chi connectivity index (χ3n) is 6.79. The SMILES string of the molecule is O=C(NC[C@H]1C[C@H]1C(=O)N1CCSCC1C(=O)O)OCC1c2ccccc2-c2ccccc21. The molecule has 172 valence electrons. The number of aliphatic carboxylic acids is 1. The predicted molar refractivity (Wildman–Crippen MR) is 125 cm³/mol. The molecule has 2 aromatic carbocycles. The summed E-state index contributed by atoms with van der Waals surface area (Å²) in [5.74, 6) is -0.0674. The van der Waals surface area contributed by atoms with Gasteiger partial charge in [0.2, 0.25) is 5.91 Å². The van der Waals surface area contributed by atoms with E-state index in [1.165, 1.54) is 16.0 Å². The molecule has 0 aromatic heterocycles. The summed E-state index contributed by atoms with van der Waals surface area (Å²) >= 11 is 1.56. The van der Waals surface area contributed by atoms with Gasteiger partial charge in [0, 0.05) is 36.4 Å². The molecule has 0 bridgehead atoms. The number of carboxylic acid groups (broad SMARTS) is 1. The first-order valence-electron chi connectivity index (χ1n) is 11.2. The van der Waals surface area contributed by atoms with Gasteiger partial charge in [-0.15, -0.1) is 0 Å². The summed E-state index contributed by atoms with van der Waals surface area (Å²) < 4.78 is 5.55. The maximum atomic E-state index is 12.8. The van der Waals surface area contributed by atoms with Crippen LogP contribution < -0.4 is 5.32 Å². The van der Waals surface area contributed by atoms with Gasteiger partial charge in [-0.05, 0) is 34.6 Å². The zero-order valence-corrected chi connectivity index (χ0v) is 18.9. The van der Waals surface area contributed by atoms with Crippen molar-refractivity contribution < 1.29 is 24.2 Å². The van der Waals surface area contributed by atoms with Crippen LogP contribution in [-0.4, -0.2) is 65.2 Å². The van der Waals surface area contributed by atoms with Crippen LogP contribution in [0.3, 0.4) is 0 Å². The smallest absolute Gasteiger partial charge is 0.407 e. The lowest BCUT2D eigenvalue weighted by Gasteiger charge is -2.32. The average Bonchev–Trinajstić information content (AvgIpc) is 3.55. The lowest BCUT2D eigenvalue weighted by molar-refractivity contribution is -0.149. The van der Waals surface area contributed by atoms with Crippen molar-refractivity contribution in [3.63, 3.8) is 0 Å². The maximum absolute atomic E-state index is 12.8. The average molecular weight is 467 g/mol. The number of nitrogens with zero attached hydrogens (tertiary/aromatic N) is 1. The number of hydrogen-bond acceptors (Lipinski definition) is 5. The number of hydrogen-bond donors (Lipinski definition) is 2. The van der Waals surface area contributed by atoms with Crippen LogP contribution >= 0.6 is 11.8 Å². The highest BCUT2D eigenvalue weighted by molar-refractivity contribution is 7.99. The van der Waals surface area contributed by atoms with Crippen LogP contribution in [0.4, 0.5) is 4.79 Å². The van der Waals surface area contributed by atoms with Crippen molar-refractivity contribution in [3.05, 3.63) is 59.7 Å². The molecule has 2 N–H and O–H groups in total. The van der Waals surface area contributed by atoms with E-state index in [1.807, 2.05) is 24.3 Å². The first kappa shape index (κ1) is 21.8. The number of nitrogens with one attached hydrogen (secondary N) is 1. The Morgan fingerprint density at radius 2 is 1.73 bits per heavy atom. The standard InChI is InChI=1S/C25H26N2O5S/c28-23(27-9-10-33-14-22(27)24(29)30)20-11-15(20)12-26-25(31)32-13-21-18-7-3-1-5-16(18)17-6-2-4-8-19(17)21/h1-8,15,20-22H,9-14H2,(H,26,31)(H,29,30)/t15-,20-,22?/m1/s1. The molecule has 1 saturated heterocycles. The quantitative estimate of drug-likeness (QED) is 0.679. The molecule has 33 heavy (non-hydrogen) atoms. The summed E-state index contributed by atoms with van der Waals surface area (Å²) in [4.78, 5) is 38.1. The van der Waals surface area contributed by atoms with Crippen molar-refractivity contribution in [2.45, 2.75) is 18.4 Å². The van der Waals surface area contributed by atoms with Gasteiger partial charge in [-0.25, -0.2) is 9.59 Å². The normalized spacial score (nSPS) is 23.4. The minimum atomic E-state index is -0.954. The molecule has 8 heteroatoms. The van der Waals surface area contributed by atoms with Crippen LogP contribution in [0.5, 0.6) is 0 Å². The Hall–Kier alpha value is -3.00. The van der Waals surface area contributed by atoms with Gasteiger partial charge >= 0.3 is 12.1 Å². The van der Waals surface area contributed by atoms with Gasteiger partial charge in [0.15, 0.2) is 0 Å². The van der Waals surface area contributed by atoms with Gasteiger partial charge in [-0.3, -0.25) is 4.79 Å². The highest BCUT2D eigenvalue weighted by Crippen LogP contribution is 2.44. The zero-order chi connectivity index (χ0) is 22.9. The van der Waals surface area contributed by atoms with Crippen LogP contribution in [-0.2, 0) is 14.3 Å². The fraction of sp³-hybridized carbons (Fsp3) is 0.400. The lowest BCUT2D eigenvalue weighted by atomic mass is 9.98. The second kappa shape index (κ2) is 9.09. The highest BCUT2D eigenvalue weighted by Gasteiger charge is 2.47. The van der Waals surface area contributed by atoms with E-state index >= 15 is 0 Å². The van der Waals surface area contributed by atoms with Crippen LogP contribution in [0.1, 0.15) is 23.5 Å². The molecule has 1 saturated carbocycles. The Morgan fingerprint density at radius 3 is 2.39 bits per heavy atom. The first-order valence-corrected chi connectivity index (χ1v) is 12.4. The maximum Gasteiger partial charge on any atom is 0.407 e. The Balaban J connectivity index is 1.12. The lowest BCUT2D eigenvalue weighted by Crippen LogP contribution is -2.51. The molecular formula is C25H26N2O5S. The number of alkyl carbamates (subject to hydrolysis) is 1. The first-order chi connectivity index (χ1) is 16.0. The predicted octanol–water partition coefficient (Wildman–Crippen LogP) is 3.19. The van der Waals surface area contributed by atoms with E-state index in [1.54, 1.807) is 11.8 Å². The molecule has 7 nitrogen and oxygen atoms in total. The van der Waals surface area contributed by atoms with Gasteiger partial charge in [0.25, 0.3) is 0 Å². The number of carbonyl (C=O) groups excluding carboxylic acids is 2. The molecule has 3 aliphatic rings. The number of fused-ring (bicyclic) bond motifs is 3. The molecule has 2 aromatic rings. The van der Waals surface area contributed by atoms with Crippen LogP contribution in [0.25, 0.3) is 11.1 Å². The zero-order valence-electron chi connectivity index (χ0n) is 18.1. The molecule has 0 spiro atoms. The summed E-state index contributed by atoms with van der Waals surface area (Å²) in [7, 11) is 0. The van der Waals surface area contributed by atoms with E-state index in [2.05, 4.69) is 29.6 Å². The molecule has 0 radical (unpaired) electrons. The molecule has 2 fully saturated rings. The Morgan fingerprint density at radius 1 is 1.06 bits per heavy atom. The number of ether oxygens (including phenoxy) is 1. The van der Waals surface area contributed by atoms with Crippen molar-refractivity contribution in [3.8, 4) is 11.1 Å². The molecule has 2 aliphatic carbocycles. The Labute approximate surface area is 196 Å². The molecule has 1 aliphatic heterocycles. The van der Waals surface area contributed by atoms with E-state index in [-0.39, 0.29) is 30.3 Å². The van der Waals surface area contributed by atoms with E-state index in [9.17, 15) is 19.5 Å². The van der Waals surface area contributed by atoms with Crippen LogP contribution in [0.15, 0.2) is 48.5 Å². The highest BCUT2D eigenvalue weighted by atomic mass is 32.2. The van der Waals surface area contributed by atoms with E-state index in [0.717, 1.165) is 16.9 Å². The van der Waals surface area contributed by atoms with Crippen molar-refractivity contribution >= 4 is 29.7 Å². The summed E-state index contributed by atoms with van der Waals surface area (Å²) in [6, 6.07) is 15.6. The van der Waals surface area contributed by atoms with Gasteiger partial charge in [-0.2, -0.15) is 11.8 Å². The van der Waals surface area contributed by atoms with Gasteiger partial charge in [0.1, 0.15) is 12.6 Å². The molecule has 5 rings (SSSR count). The van der Waals surface area contributed by atoms with E-state index in [0.29, 0.717) is 25.3 Å². The number of benzene rings is 2. The Bertz CT molecular complexity index is 1040. The molecular weight excluding hydrogens is 440 g/mol. The molecule has 1 heterocycles. The van der Waals surface area contributed by atoms with Crippen LogP contribution in [0.2, 0.25) is 0 Å². The number of thioether (sulfide) groups is 1. The van der Waals surface area contributed by atoms with Crippen molar-refractivity contribution in [2.24, 2.45) is 11.8 Å². The molecule has 2 amide bonds. The van der Waals surface area contributed by atoms with E-state index in [4.69, 9.17) is 4.74 Å². The van der Waals surface area contributed by atoms with Crippen molar-refractivity contribution in [1.82, 2.24) is 10.2 Å². The van der Waals surface area contributed by atoms with Crippen molar-refractivity contribution in [2.75, 3.05) is 31.2 Å². The topological polar surface area (TPSA) is 95.9 Å². The summed E-state index contributed by atoms with van der Waals surface area (Å²) in [6.07, 6.45) is 0.172. The summed E-state index contributed by atoms with van der Waals surface area (Å²) in [6.45, 7) is 1.07. The largest absolute Gasteiger partial charge is 0.480 e. The van der Waals surface area contributed by atoms with Crippen LogP contribution in [0, 0.1) is 11.8 Å². The van der Waals surface area contributed by atoms with Gasteiger partial charge in [0.05, 0.1) is 0 Å². The summed E-state index contributed by atoms with van der Waals surface area (Å²) in [5.41, 5.74) is 4.67. The number of carbonyl (C=O) groups is 3.